The minimum atomic E-state index is -3.33. The summed E-state index contributed by atoms with van der Waals surface area (Å²) in [5.41, 5.74) is 0. The molecule has 0 saturated carbocycles. The molecule has 0 aromatic heterocycles. The number of alkyl halides is 1. The predicted molar refractivity (Wildman–Crippen MR) is 76.8 cm³/mol. The van der Waals surface area contributed by atoms with Gasteiger partial charge in [0.25, 0.3) is 0 Å². The number of hydrogen-bond acceptors (Lipinski definition) is 4. The number of ether oxygens (including phenoxy) is 1. The van der Waals surface area contributed by atoms with Crippen LogP contribution in [0.3, 0.4) is 0 Å². The Labute approximate surface area is 121 Å². The van der Waals surface area contributed by atoms with Crippen molar-refractivity contribution in [2.45, 2.75) is 33.1 Å². The quantitative estimate of drug-likeness (QED) is 0.351. The predicted octanol–water partition coefficient (Wildman–Crippen LogP) is 1.86. The van der Waals surface area contributed by atoms with Gasteiger partial charge in [-0.3, -0.25) is 4.79 Å². The van der Waals surface area contributed by atoms with Gasteiger partial charge in [0.15, 0.2) is 0 Å². The molecule has 0 spiro atoms. The molecule has 0 atom stereocenters. The lowest BCUT2D eigenvalue weighted by Crippen LogP contribution is -2.37. The fourth-order valence-corrected chi connectivity index (χ4v) is 3.49. The second-order valence-corrected chi connectivity index (χ2v) is 7.26. The zero-order chi connectivity index (χ0) is 14.9. The molecule has 5 nitrogen and oxygen atoms in total. The van der Waals surface area contributed by atoms with Crippen molar-refractivity contribution >= 4 is 27.6 Å². The maximum atomic E-state index is 12.2. The highest BCUT2D eigenvalue weighted by atomic mass is 35.5. The summed E-state index contributed by atoms with van der Waals surface area (Å²) in [4.78, 5) is 11.1. The van der Waals surface area contributed by atoms with Gasteiger partial charge in [-0.2, -0.15) is 0 Å². The lowest BCUT2D eigenvalue weighted by molar-refractivity contribution is -0.140. The van der Waals surface area contributed by atoms with E-state index in [-0.39, 0.29) is 24.6 Å². The van der Waals surface area contributed by atoms with E-state index < -0.39 is 16.0 Å². The van der Waals surface area contributed by atoms with Crippen LogP contribution >= 0.6 is 11.6 Å². The fraction of sp³-hybridized carbons (Fsp3) is 0.917. The van der Waals surface area contributed by atoms with E-state index in [1.807, 2.05) is 13.8 Å². The third-order valence-electron chi connectivity index (χ3n) is 2.54. The van der Waals surface area contributed by atoms with Crippen LogP contribution in [0.1, 0.15) is 33.1 Å². The number of carbonyl (C=O) groups is 1. The van der Waals surface area contributed by atoms with Crippen LogP contribution in [0.25, 0.3) is 0 Å². The van der Waals surface area contributed by atoms with Crippen molar-refractivity contribution in [1.29, 1.82) is 0 Å². The van der Waals surface area contributed by atoms with Crippen LogP contribution in [0.5, 0.6) is 0 Å². The molecule has 19 heavy (non-hydrogen) atoms. The van der Waals surface area contributed by atoms with Gasteiger partial charge in [0.1, 0.15) is 0 Å². The van der Waals surface area contributed by atoms with Gasteiger partial charge in [0.05, 0.1) is 19.3 Å². The van der Waals surface area contributed by atoms with Crippen molar-refractivity contribution in [2.24, 2.45) is 5.92 Å². The van der Waals surface area contributed by atoms with Crippen LogP contribution < -0.4 is 0 Å². The molecule has 0 fully saturated rings. The monoisotopic (exact) mass is 313 g/mol. The molecule has 0 radical (unpaired) electrons. The molecular weight excluding hydrogens is 290 g/mol. The third kappa shape index (κ3) is 8.44. The topological polar surface area (TPSA) is 63.7 Å². The van der Waals surface area contributed by atoms with E-state index in [0.717, 1.165) is 0 Å². The third-order valence-corrected chi connectivity index (χ3v) is 4.73. The highest BCUT2D eigenvalue weighted by Gasteiger charge is 2.23. The number of esters is 1. The summed E-state index contributed by atoms with van der Waals surface area (Å²) in [6, 6.07) is 0. The minimum Gasteiger partial charge on any atom is -0.469 e. The summed E-state index contributed by atoms with van der Waals surface area (Å²) in [7, 11) is -2.03. The molecule has 7 heteroatoms. The second-order valence-electron chi connectivity index (χ2n) is 4.79. The van der Waals surface area contributed by atoms with Crippen LogP contribution in [-0.4, -0.2) is 50.5 Å². The van der Waals surface area contributed by atoms with Gasteiger partial charge in [-0.1, -0.05) is 13.8 Å². The molecule has 0 heterocycles. The maximum absolute atomic E-state index is 12.2. The van der Waals surface area contributed by atoms with Crippen LogP contribution in [0.4, 0.5) is 0 Å². The number of carbonyl (C=O) groups excluding carboxylic acids is 1. The van der Waals surface area contributed by atoms with E-state index in [1.54, 1.807) is 0 Å². The SMILES string of the molecule is COC(=O)CCN(CC(C)C)S(=O)(=O)CCCCCl. The van der Waals surface area contributed by atoms with Gasteiger partial charge >= 0.3 is 5.97 Å². The molecule has 0 aliphatic rings. The van der Waals surface area contributed by atoms with Crippen molar-refractivity contribution in [2.75, 3.05) is 31.8 Å². The van der Waals surface area contributed by atoms with Crippen LogP contribution in [0.15, 0.2) is 0 Å². The van der Waals surface area contributed by atoms with E-state index in [9.17, 15) is 13.2 Å². The highest BCUT2D eigenvalue weighted by molar-refractivity contribution is 7.89. The Hall–Kier alpha value is -0.330. The van der Waals surface area contributed by atoms with Gasteiger partial charge in [0.2, 0.25) is 10.0 Å². The van der Waals surface area contributed by atoms with Gasteiger partial charge in [-0.05, 0) is 18.8 Å². The number of rotatable bonds is 10. The van der Waals surface area contributed by atoms with Crippen molar-refractivity contribution in [3.63, 3.8) is 0 Å². The Balaban J connectivity index is 4.57. The molecule has 0 aliphatic heterocycles. The number of methoxy groups -OCH3 is 1. The minimum absolute atomic E-state index is 0.0770. The largest absolute Gasteiger partial charge is 0.469 e. The Bertz CT molecular complexity index is 357. The molecule has 0 aliphatic carbocycles. The first-order valence-corrected chi connectivity index (χ1v) is 8.58. The average molecular weight is 314 g/mol. The summed E-state index contributed by atoms with van der Waals surface area (Å²) in [5.74, 6) is 0.348. The van der Waals surface area contributed by atoms with E-state index in [1.165, 1.54) is 11.4 Å². The smallest absolute Gasteiger partial charge is 0.306 e. The Morgan fingerprint density at radius 2 is 1.95 bits per heavy atom. The normalized spacial score (nSPS) is 12.1. The van der Waals surface area contributed by atoms with E-state index in [2.05, 4.69) is 4.74 Å². The number of unbranched alkanes of at least 4 members (excludes halogenated alkanes) is 1. The Morgan fingerprint density at radius 1 is 1.32 bits per heavy atom. The number of hydrogen-bond donors (Lipinski definition) is 0. The molecule has 114 valence electrons. The van der Waals surface area contributed by atoms with Crippen molar-refractivity contribution in [1.82, 2.24) is 4.31 Å². The number of halogens is 1. The van der Waals surface area contributed by atoms with E-state index in [4.69, 9.17) is 11.6 Å². The lowest BCUT2D eigenvalue weighted by atomic mass is 10.2. The summed E-state index contributed by atoms with van der Waals surface area (Å²) >= 11 is 5.55. The van der Waals surface area contributed by atoms with Gasteiger partial charge in [-0.15, -0.1) is 11.6 Å². The molecule has 0 bridgehead atoms. The van der Waals surface area contributed by atoms with E-state index in [0.29, 0.717) is 25.3 Å². The summed E-state index contributed by atoms with van der Waals surface area (Å²) in [5, 5.41) is 0. The van der Waals surface area contributed by atoms with Gasteiger partial charge in [-0.25, -0.2) is 12.7 Å². The molecule has 0 unspecified atom stereocenters. The first kappa shape index (κ1) is 18.7. The van der Waals surface area contributed by atoms with Crippen LogP contribution in [0, 0.1) is 5.92 Å². The van der Waals surface area contributed by atoms with Crippen molar-refractivity contribution < 1.29 is 17.9 Å². The summed E-state index contributed by atoms with van der Waals surface area (Å²) < 4.78 is 30.3. The standard InChI is InChI=1S/C12H24ClNO4S/c1-11(2)10-14(8-6-12(15)18-3)19(16,17)9-5-4-7-13/h11H,4-10H2,1-3H3. The summed E-state index contributed by atoms with van der Waals surface area (Å²) in [6.45, 7) is 4.48. The van der Waals surface area contributed by atoms with Crippen molar-refractivity contribution in [3.8, 4) is 0 Å². The summed E-state index contributed by atoms with van der Waals surface area (Å²) in [6.07, 6.45) is 1.30. The zero-order valence-corrected chi connectivity index (χ0v) is 13.5. The van der Waals surface area contributed by atoms with Gasteiger partial charge in [0, 0.05) is 19.0 Å². The molecule has 0 amide bonds. The Morgan fingerprint density at radius 3 is 2.42 bits per heavy atom. The highest BCUT2D eigenvalue weighted by Crippen LogP contribution is 2.10. The first-order chi connectivity index (χ1) is 8.83. The van der Waals surface area contributed by atoms with Gasteiger partial charge < -0.3 is 4.74 Å². The molecular formula is C12H24ClNO4S. The Kier molecular flexibility index (Phi) is 9.39. The average Bonchev–Trinajstić information content (AvgIpc) is 2.33. The lowest BCUT2D eigenvalue weighted by Gasteiger charge is -2.23. The molecule has 0 aromatic carbocycles. The molecule has 0 N–H and O–H groups in total. The fourth-order valence-electron chi connectivity index (χ4n) is 1.58. The van der Waals surface area contributed by atoms with E-state index >= 15 is 0 Å². The second kappa shape index (κ2) is 9.55. The van der Waals surface area contributed by atoms with Crippen molar-refractivity contribution in [3.05, 3.63) is 0 Å². The zero-order valence-electron chi connectivity index (χ0n) is 11.9. The van der Waals surface area contributed by atoms with Crippen LogP contribution in [0.2, 0.25) is 0 Å². The number of sulfonamides is 1. The molecule has 0 saturated heterocycles. The van der Waals surface area contributed by atoms with Crippen LogP contribution in [-0.2, 0) is 19.6 Å². The molecule has 0 aromatic rings. The maximum Gasteiger partial charge on any atom is 0.306 e. The number of nitrogens with zero attached hydrogens (tertiary/aromatic N) is 1. The molecule has 0 rings (SSSR count). The first-order valence-electron chi connectivity index (χ1n) is 6.44.